The van der Waals surface area contributed by atoms with Gasteiger partial charge in [0.15, 0.2) is 0 Å². The number of hydrogen-bond acceptors (Lipinski definition) is 1. The summed E-state index contributed by atoms with van der Waals surface area (Å²) in [5.74, 6) is 11.3. The van der Waals surface area contributed by atoms with Gasteiger partial charge in [0.2, 0.25) is 5.91 Å². The standard InChI is InChI=1S/C15H19NO/c1-4-5-6-7-8-9-10-11-12-15(17)16-13-14(2)3/h9-12,14H,8,13H2,1-3H3,(H,16,17)/b10-9+,12-11+. The Hall–Kier alpha value is -1.93. The van der Waals surface area contributed by atoms with Crippen molar-refractivity contribution >= 4 is 5.91 Å². The second kappa shape index (κ2) is 10.6. The summed E-state index contributed by atoms with van der Waals surface area (Å²) in [7, 11) is 0. The molecule has 2 heteroatoms. The zero-order valence-electron chi connectivity index (χ0n) is 10.7. The first-order chi connectivity index (χ1) is 8.16. The van der Waals surface area contributed by atoms with E-state index in [0.717, 1.165) is 0 Å². The maximum atomic E-state index is 11.2. The molecule has 0 bridgehead atoms. The van der Waals surface area contributed by atoms with Gasteiger partial charge in [0.25, 0.3) is 0 Å². The van der Waals surface area contributed by atoms with Gasteiger partial charge in [-0.3, -0.25) is 4.79 Å². The number of carbonyl (C=O) groups is 1. The van der Waals surface area contributed by atoms with Crippen LogP contribution in [-0.2, 0) is 4.79 Å². The molecule has 0 heterocycles. The summed E-state index contributed by atoms with van der Waals surface area (Å²) in [6, 6.07) is 0. The van der Waals surface area contributed by atoms with Gasteiger partial charge in [-0.1, -0.05) is 43.9 Å². The first-order valence-electron chi connectivity index (χ1n) is 5.67. The largest absolute Gasteiger partial charge is 0.352 e. The minimum atomic E-state index is -0.0636. The van der Waals surface area contributed by atoms with Crippen LogP contribution in [0.1, 0.15) is 27.2 Å². The minimum Gasteiger partial charge on any atom is -0.352 e. The lowest BCUT2D eigenvalue weighted by Gasteiger charge is -2.03. The van der Waals surface area contributed by atoms with Crippen LogP contribution in [0.2, 0.25) is 0 Å². The van der Waals surface area contributed by atoms with E-state index in [1.165, 1.54) is 6.08 Å². The van der Waals surface area contributed by atoms with E-state index in [-0.39, 0.29) is 5.91 Å². The third-order valence-corrected chi connectivity index (χ3v) is 1.68. The number of amides is 1. The molecular formula is C15H19NO. The van der Waals surface area contributed by atoms with E-state index >= 15 is 0 Å². The molecule has 90 valence electrons. The molecule has 0 aliphatic rings. The Morgan fingerprint density at radius 1 is 1.29 bits per heavy atom. The van der Waals surface area contributed by atoms with Crippen molar-refractivity contribution in [2.75, 3.05) is 6.54 Å². The van der Waals surface area contributed by atoms with Crippen molar-refractivity contribution in [3.05, 3.63) is 24.3 Å². The highest BCUT2D eigenvalue weighted by Crippen LogP contribution is 1.87. The zero-order chi connectivity index (χ0) is 12.9. The van der Waals surface area contributed by atoms with E-state index in [4.69, 9.17) is 0 Å². The highest BCUT2D eigenvalue weighted by Gasteiger charge is 1.95. The van der Waals surface area contributed by atoms with Crippen LogP contribution < -0.4 is 5.32 Å². The van der Waals surface area contributed by atoms with E-state index in [0.29, 0.717) is 18.9 Å². The molecule has 0 spiro atoms. The van der Waals surface area contributed by atoms with E-state index in [1.54, 1.807) is 13.0 Å². The predicted octanol–water partition coefficient (Wildman–Crippen LogP) is 2.29. The van der Waals surface area contributed by atoms with Crippen molar-refractivity contribution in [3.8, 4) is 23.7 Å². The first-order valence-corrected chi connectivity index (χ1v) is 5.67. The summed E-state index contributed by atoms with van der Waals surface area (Å²) in [5, 5.41) is 2.80. The molecule has 2 nitrogen and oxygen atoms in total. The Balaban J connectivity index is 3.78. The lowest BCUT2D eigenvalue weighted by molar-refractivity contribution is -0.116. The number of nitrogens with one attached hydrogen (secondary N) is 1. The lowest BCUT2D eigenvalue weighted by Crippen LogP contribution is -2.25. The van der Waals surface area contributed by atoms with Gasteiger partial charge in [-0.05, 0) is 24.7 Å². The summed E-state index contributed by atoms with van der Waals surface area (Å²) in [4.78, 5) is 11.2. The van der Waals surface area contributed by atoms with Crippen LogP contribution in [0.5, 0.6) is 0 Å². The van der Waals surface area contributed by atoms with Crippen LogP contribution >= 0.6 is 0 Å². The second-order valence-corrected chi connectivity index (χ2v) is 3.81. The minimum absolute atomic E-state index is 0.0636. The van der Waals surface area contributed by atoms with Crippen molar-refractivity contribution in [2.24, 2.45) is 5.92 Å². The molecular weight excluding hydrogens is 210 g/mol. The van der Waals surface area contributed by atoms with Gasteiger partial charge in [0.05, 0.1) is 0 Å². The van der Waals surface area contributed by atoms with Gasteiger partial charge in [-0.2, -0.15) is 0 Å². The number of carbonyl (C=O) groups excluding carboxylic acids is 1. The molecule has 1 N–H and O–H groups in total. The quantitative estimate of drug-likeness (QED) is 0.437. The topological polar surface area (TPSA) is 29.1 Å². The average molecular weight is 229 g/mol. The second-order valence-electron chi connectivity index (χ2n) is 3.81. The number of allylic oxidation sites excluding steroid dienone is 3. The van der Waals surface area contributed by atoms with Crippen molar-refractivity contribution in [3.63, 3.8) is 0 Å². The highest BCUT2D eigenvalue weighted by atomic mass is 16.1. The molecule has 0 saturated heterocycles. The molecule has 0 aliphatic heterocycles. The van der Waals surface area contributed by atoms with Gasteiger partial charge < -0.3 is 5.32 Å². The molecule has 0 aromatic carbocycles. The third kappa shape index (κ3) is 12.0. The van der Waals surface area contributed by atoms with Crippen molar-refractivity contribution in [1.29, 1.82) is 0 Å². The fourth-order valence-electron chi connectivity index (χ4n) is 0.870. The van der Waals surface area contributed by atoms with Crippen LogP contribution in [0.3, 0.4) is 0 Å². The van der Waals surface area contributed by atoms with Crippen LogP contribution in [-0.4, -0.2) is 12.5 Å². The Kier molecular flexibility index (Phi) is 9.38. The van der Waals surface area contributed by atoms with Crippen LogP contribution in [0.25, 0.3) is 0 Å². The summed E-state index contributed by atoms with van der Waals surface area (Å²) < 4.78 is 0. The van der Waals surface area contributed by atoms with Crippen molar-refractivity contribution in [2.45, 2.75) is 27.2 Å². The molecule has 0 fully saturated rings. The summed E-state index contributed by atoms with van der Waals surface area (Å²) in [6.45, 7) is 6.57. The molecule has 0 aromatic rings. The van der Waals surface area contributed by atoms with Crippen LogP contribution in [0, 0.1) is 29.6 Å². The fraction of sp³-hybridized carbons (Fsp3) is 0.400. The van der Waals surface area contributed by atoms with E-state index in [9.17, 15) is 4.79 Å². The molecule has 0 saturated carbocycles. The highest BCUT2D eigenvalue weighted by molar-refractivity contribution is 5.87. The molecule has 1 amide bonds. The summed E-state index contributed by atoms with van der Waals surface area (Å²) >= 11 is 0. The average Bonchev–Trinajstić information content (AvgIpc) is 2.30. The van der Waals surface area contributed by atoms with E-state index < -0.39 is 0 Å². The Labute approximate surface area is 104 Å². The molecule has 0 unspecified atom stereocenters. The SMILES string of the molecule is CC#CC#CC/C=C/C=C/C(=O)NCC(C)C. The molecule has 0 atom stereocenters. The summed E-state index contributed by atoms with van der Waals surface area (Å²) in [5.41, 5.74) is 0. The van der Waals surface area contributed by atoms with E-state index in [2.05, 4.69) is 42.8 Å². The molecule has 17 heavy (non-hydrogen) atoms. The molecule has 0 radical (unpaired) electrons. The maximum absolute atomic E-state index is 11.2. The monoisotopic (exact) mass is 229 g/mol. The fourth-order valence-corrected chi connectivity index (χ4v) is 0.870. The zero-order valence-corrected chi connectivity index (χ0v) is 10.7. The Morgan fingerprint density at radius 2 is 2.06 bits per heavy atom. The normalized spacial score (nSPS) is 9.88. The lowest BCUT2D eigenvalue weighted by atomic mass is 10.2. The number of hydrogen-bond donors (Lipinski definition) is 1. The van der Waals surface area contributed by atoms with Crippen LogP contribution in [0.15, 0.2) is 24.3 Å². The van der Waals surface area contributed by atoms with Crippen LogP contribution in [0.4, 0.5) is 0 Å². The summed E-state index contributed by atoms with van der Waals surface area (Å²) in [6.07, 6.45) is 7.56. The molecule has 0 aliphatic carbocycles. The number of rotatable bonds is 5. The van der Waals surface area contributed by atoms with E-state index in [1.807, 2.05) is 12.2 Å². The Morgan fingerprint density at radius 3 is 2.71 bits per heavy atom. The maximum Gasteiger partial charge on any atom is 0.243 e. The third-order valence-electron chi connectivity index (χ3n) is 1.68. The Bertz CT molecular complexity index is 394. The van der Waals surface area contributed by atoms with Crippen molar-refractivity contribution < 1.29 is 4.79 Å². The van der Waals surface area contributed by atoms with Crippen molar-refractivity contribution in [1.82, 2.24) is 5.32 Å². The smallest absolute Gasteiger partial charge is 0.243 e. The van der Waals surface area contributed by atoms with Gasteiger partial charge in [-0.25, -0.2) is 0 Å². The van der Waals surface area contributed by atoms with Gasteiger partial charge in [0.1, 0.15) is 0 Å². The molecule has 0 rings (SSSR count). The molecule has 0 aromatic heterocycles. The first kappa shape index (κ1) is 15.1. The van der Waals surface area contributed by atoms with Gasteiger partial charge in [-0.15, -0.1) is 0 Å². The predicted molar refractivity (Wildman–Crippen MR) is 72.0 cm³/mol. The van der Waals surface area contributed by atoms with Gasteiger partial charge >= 0.3 is 0 Å². The van der Waals surface area contributed by atoms with Gasteiger partial charge in [0, 0.05) is 19.0 Å².